The zero-order valence-electron chi connectivity index (χ0n) is 20.6. The van der Waals surface area contributed by atoms with Crippen molar-refractivity contribution in [1.29, 1.82) is 5.26 Å². The van der Waals surface area contributed by atoms with Gasteiger partial charge in [0, 0.05) is 33.9 Å². The van der Waals surface area contributed by atoms with Crippen LogP contribution in [0.15, 0.2) is 83.6 Å². The highest BCUT2D eigenvalue weighted by Crippen LogP contribution is 2.48. The highest BCUT2D eigenvalue weighted by atomic mass is 16.5. The minimum absolute atomic E-state index is 0.135. The Kier molecular flexibility index (Phi) is 6.24. The van der Waals surface area contributed by atoms with Crippen molar-refractivity contribution in [3.63, 3.8) is 0 Å². The molecule has 0 bridgehead atoms. The molecule has 0 amide bonds. The Morgan fingerprint density at radius 3 is 2.46 bits per heavy atom. The van der Waals surface area contributed by atoms with Crippen molar-refractivity contribution >= 4 is 17.4 Å². The average Bonchev–Trinajstić information content (AvgIpc) is 3.22. The van der Waals surface area contributed by atoms with Crippen LogP contribution in [0.25, 0.3) is 5.70 Å². The first-order chi connectivity index (χ1) is 18.0. The number of ether oxygens (including phenoxy) is 3. The summed E-state index contributed by atoms with van der Waals surface area (Å²) in [5, 5.41) is 12.6. The fourth-order valence-electron chi connectivity index (χ4n) is 4.94. The number of benzene rings is 3. The lowest BCUT2D eigenvalue weighted by atomic mass is 9.79. The quantitative estimate of drug-likeness (QED) is 0.490. The van der Waals surface area contributed by atoms with E-state index < -0.39 is 11.9 Å². The highest BCUT2D eigenvalue weighted by molar-refractivity contribution is 6.23. The molecular weight excluding hydrogens is 468 g/mol. The van der Waals surface area contributed by atoms with Crippen LogP contribution in [0.2, 0.25) is 0 Å². The number of dihydropyridines is 1. The Balaban J connectivity index is 1.56. The van der Waals surface area contributed by atoms with Gasteiger partial charge in [0.25, 0.3) is 0 Å². The molecule has 1 atom stereocenters. The van der Waals surface area contributed by atoms with Crippen molar-refractivity contribution in [1.82, 2.24) is 5.32 Å². The number of ketones is 1. The largest absolute Gasteiger partial charge is 0.493 e. The van der Waals surface area contributed by atoms with Gasteiger partial charge < -0.3 is 19.5 Å². The minimum atomic E-state index is -0.661. The Morgan fingerprint density at radius 2 is 1.73 bits per heavy atom. The van der Waals surface area contributed by atoms with Gasteiger partial charge >= 0.3 is 5.97 Å². The third-order valence-electron chi connectivity index (χ3n) is 6.70. The molecule has 3 aromatic carbocycles. The van der Waals surface area contributed by atoms with E-state index in [-0.39, 0.29) is 12.4 Å². The zero-order valence-corrected chi connectivity index (χ0v) is 20.6. The molecule has 0 saturated heterocycles. The van der Waals surface area contributed by atoms with Crippen molar-refractivity contribution in [2.45, 2.75) is 19.4 Å². The standard InChI is InChI=1S/C30H24N2O5/c1-17-25(30(34)36-3)26(27-28(32-17)21-10-6-7-11-22(21)29(27)33)18-12-13-23(24(14-18)35-2)37-16-20-9-5-4-8-19(20)15-31/h4-14,26,32H,16H2,1-3H3/t26-/m0/s1. The lowest BCUT2D eigenvalue weighted by Gasteiger charge is -2.29. The first kappa shape index (κ1) is 23.9. The summed E-state index contributed by atoms with van der Waals surface area (Å²) in [4.78, 5) is 26.5. The van der Waals surface area contributed by atoms with E-state index in [4.69, 9.17) is 14.2 Å². The van der Waals surface area contributed by atoms with Crippen LogP contribution in [0.1, 0.15) is 45.5 Å². The van der Waals surface area contributed by atoms with Gasteiger partial charge in [-0.05, 0) is 30.7 Å². The SMILES string of the molecule is COC(=O)C1=C(C)NC2=C(C(=O)c3ccccc32)[C@H]1c1ccc(OCc2ccccc2C#N)c(OC)c1. The molecule has 0 fully saturated rings. The predicted octanol–water partition coefficient (Wildman–Crippen LogP) is 4.89. The molecule has 7 nitrogen and oxygen atoms in total. The minimum Gasteiger partial charge on any atom is -0.493 e. The molecule has 0 aromatic heterocycles. The topological polar surface area (TPSA) is 97.6 Å². The van der Waals surface area contributed by atoms with E-state index in [0.717, 1.165) is 11.1 Å². The number of rotatable bonds is 6. The van der Waals surface area contributed by atoms with E-state index in [1.54, 1.807) is 37.3 Å². The number of carbonyl (C=O) groups is 2. The summed E-state index contributed by atoms with van der Waals surface area (Å²) in [6.45, 7) is 1.98. The van der Waals surface area contributed by atoms with Gasteiger partial charge in [-0.3, -0.25) is 4.79 Å². The Hall–Kier alpha value is -4.83. The van der Waals surface area contributed by atoms with Gasteiger partial charge in [-0.15, -0.1) is 0 Å². The Morgan fingerprint density at radius 1 is 1.00 bits per heavy atom. The molecule has 3 aromatic rings. The summed E-state index contributed by atoms with van der Waals surface area (Å²) in [7, 11) is 2.85. The summed E-state index contributed by atoms with van der Waals surface area (Å²) in [6.07, 6.45) is 0. The Bertz CT molecular complexity index is 1540. The molecule has 0 spiro atoms. The summed E-state index contributed by atoms with van der Waals surface area (Å²) in [5.74, 6) is -0.395. The molecule has 37 heavy (non-hydrogen) atoms. The number of hydrogen-bond donors (Lipinski definition) is 1. The van der Waals surface area contributed by atoms with E-state index in [2.05, 4.69) is 11.4 Å². The number of Topliss-reactive ketones (excluding diaryl/α,β-unsaturated/α-hetero) is 1. The number of carbonyl (C=O) groups excluding carboxylic acids is 2. The summed E-state index contributed by atoms with van der Waals surface area (Å²) >= 11 is 0. The van der Waals surface area contributed by atoms with Gasteiger partial charge in [-0.25, -0.2) is 4.79 Å². The number of nitrogens with zero attached hydrogens (tertiary/aromatic N) is 1. The second-order valence-electron chi connectivity index (χ2n) is 8.72. The molecule has 1 aliphatic heterocycles. The number of nitriles is 1. The maximum Gasteiger partial charge on any atom is 0.336 e. The second-order valence-corrected chi connectivity index (χ2v) is 8.72. The summed E-state index contributed by atoms with van der Waals surface area (Å²) in [6, 6.07) is 22.1. The lowest BCUT2D eigenvalue weighted by Crippen LogP contribution is -2.29. The number of allylic oxidation sites excluding steroid dienone is 2. The molecule has 2 aliphatic rings. The van der Waals surface area contributed by atoms with Crippen LogP contribution in [0.3, 0.4) is 0 Å². The number of esters is 1. The molecule has 0 unspecified atom stereocenters. The van der Waals surface area contributed by atoms with E-state index in [9.17, 15) is 14.9 Å². The molecule has 5 rings (SSSR count). The fraction of sp³-hybridized carbons (Fsp3) is 0.167. The molecule has 1 N–H and O–H groups in total. The molecule has 7 heteroatoms. The first-order valence-electron chi connectivity index (χ1n) is 11.7. The number of hydrogen-bond acceptors (Lipinski definition) is 7. The number of methoxy groups -OCH3 is 2. The monoisotopic (exact) mass is 492 g/mol. The average molecular weight is 493 g/mol. The van der Waals surface area contributed by atoms with E-state index in [1.807, 2.05) is 36.4 Å². The molecular formula is C30H24N2O5. The van der Waals surface area contributed by atoms with Crippen molar-refractivity contribution in [3.8, 4) is 17.6 Å². The molecule has 184 valence electrons. The molecule has 0 radical (unpaired) electrons. The lowest BCUT2D eigenvalue weighted by molar-refractivity contribution is -0.136. The van der Waals surface area contributed by atoms with E-state index in [0.29, 0.717) is 50.7 Å². The first-order valence-corrected chi connectivity index (χ1v) is 11.7. The van der Waals surface area contributed by atoms with Crippen LogP contribution < -0.4 is 14.8 Å². The van der Waals surface area contributed by atoms with Crippen molar-refractivity contribution in [3.05, 3.63) is 111 Å². The van der Waals surface area contributed by atoms with Gasteiger partial charge in [0.1, 0.15) is 6.61 Å². The molecule has 1 heterocycles. The molecule has 1 aliphatic carbocycles. The van der Waals surface area contributed by atoms with Crippen LogP contribution in [-0.4, -0.2) is 26.0 Å². The highest BCUT2D eigenvalue weighted by Gasteiger charge is 2.43. The van der Waals surface area contributed by atoms with E-state index >= 15 is 0 Å². The number of nitrogens with one attached hydrogen (secondary N) is 1. The van der Waals surface area contributed by atoms with Crippen molar-refractivity contribution in [2.75, 3.05) is 14.2 Å². The smallest absolute Gasteiger partial charge is 0.336 e. The summed E-state index contributed by atoms with van der Waals surface area (Å²) < 4.78 is 16.7. The third kappa shape index (κ3) is 4.03. The van der Waals surface area contributed by atoms with Gasteiger partial charge in [-0.2, -0.15) is 5.26 Å². The van der Waals surface area contributed by atoms with Crippen LogP contribution in [0, 0.1) is 11.3 Å². The molecule has 0 saturated carbocycles. The van der Waals surface area contributed by atoms with Crippen molar-refractivity contribution < 1.29 is 23.8 Å². The van der Waals surface area contributed by atoms with Gasteiger partial charge in [-0.1, -0.05) is 48.5 Å². The predicted molar refractivity (Wildman–Crippen MR) is 137 cm³/mol. The third-order valence-corrected chi connectivity index (χ3v) is 6.70. The Labute approximate surface area is 214 Å². The van der Waals surface area contributed by atoms with Gasteiger partial charge in [0.15, 0.2) is 17.3 Å². The van der Waals surface area contributed by atoms with Crippen molar-refractivity contribution in [2.24, 2.45) is 0 Å². The number of fused-ring (bicyclic) bond motifs is 2. The zero-order chi connectivity index (χ0) is 26.1. The maximum atomic E-state index is 13.6. The maximum absolute atomic E-state index is 13.6. The normalized spacial score (nSPS) is 15.9. The van der Waals surface area contributed by atoms with Gasteiger partial charge in [0.2, 0.25) is 0 Å². The van der Waals surface area contributed by atoms with Gasteiger partial charge in [0.05, 0.1) is 37.1 Å². The van der Waals surface area contributed by atoms with Crippen LogP contribution in [0.4, 0.5) is 0 Å². The fourth-order valence-corrected chi connectivity index (χ4v) is 4.94. The van der Waals surface area contributed by atoms with Crippen LogP contribution in [-0.2, 0) is 16.1 Å². The summed E-state index contributed by atoms with van der Waals surface area (Å²) in [5.41, 5.74) is 5.55. The van der Waals surface area contributed by atoms with E-state index in [1.165, 1.54) is 14.2 Å². The van der Waals surface area contributed by atoms with Crippen LogP contribution in [0.5, 0.6) is 11.5 Å². The van der Waals surface area contributed by atoms with Crippen LogP contribution >= 0.6 is 0 Å². The second kappa shape index (κ2) is 9.67.